The molecule has 0 saturated carbocycles. The number of unbranched alkanes of at least 4 members (excludes halogenated alkanes) is 3. The summed E-state index contributed by atoms with van der Waals surface area (Å²) in [7, 11) is 0. The fraction of sp³-hybridized carbons (Fsp3) is 0.917. The molecule has 0 amide bonds. The summed E-state index contributed by atoms with van der Waals surface area (Å²) >= 11 is 0. The van der Waals surface area contributed by atoms with E-state index in [9.17, 15) is 4.79 Å². The number of Topliss-reactive ketones (excluding diaryl/α,β-unsaturated/α-hetero) is 1. The van der Waals surface area contributed by atoms with Gasteiger partial charge in [-0.15, -0.1) is 0 Å². The summed E-state index contributed by atoms with van der Waals surface area (Å²) in [5, 5.41) is 3.26. The van der Waals surface area contributed by atoms with Crippen molar-refractivity contribution >= 4 is 5.78 Å². The van der Waals surface area contributed by atoms with Gasteiger partial charge in [0.1, 0.15) is 5.78 Å². The standard InChI is InChI=1S/C12H25NO/c1-4-7-8-9-10-11(13-6-3)12(14)5-2/h11,13H,4-10H2,1-3H3. The summed E-state index contributed by atoms with van der Waals surface area (Å²) in [6.45, 7) is 7.10. The average Bonchev–Trinajstić information content (AvgIpc) is 2.21. The number of ketones is 1. The molecule has 0 aliphatic rings. The Morgan fingerprint density at radius 3 is 2.36 bits per heavy atom. The van der Waals surface area contributed by atoms with E-state index in [0.29, 0.717) is 12.2 Å². The topological polar surface area (TPSA) is 29.1 Å². The first-order valence-corrected chi connectivity index (χ1v) is 6.02. The predicted octanol–water partition coefficient (Wildman–Crippen LogP) is 2.91. The van der Waals surface area contributed by atoms with E-state index in [0.717, 1.165) is 13.0 Å². The van der Waals surface area contributed by atoms with Crippen LogP contribution in [0.2, 0.25) is 0 Å². The van der Waals surface area contributed by atoms with Gasteiger partial charge in [0.2, 0.25) is 0 Å². The zero-order valence-electron chi connectivity index (χ0n) is 9.94. The molecule has 84 valence electrons. The maximum Gasteiger partial charge on any atom is 0.149 e. The Balaban J connectivity index is 3.67. The molecular formula is C12H25NO. The third-order valence-electron chi connectivity index (χ3n) is 2.53. The minimum absolute atomic E-state index is 0.113. The lowest BCUT2D eigenvalue weighted by Crippen LogP contribution is -2.36. The molecule has 0 saturated heterocycles. The molecule has 1 atom stereocenters. The molecule has 0 fully saturated rings. The molecule has 2 nitrogen and oxygen atoms in total. The number of carbonyl (C=O) groups excluding carboxylic acids is 1. The second-order valence-electron chi connectivity index (χ2n) is 3.78. The predicted molar refractivity (Wildman–Crippen MR) is 61.5 cm³/mol. The first-order valence-electron chi connectivity index (χ1n) is 6.02. The Kier molecular flexibility index (Phi) is 8.95. The van der Waals surface area contributed by atoms with E-state index in [1.54, 1.807) is 0 Å². The summed E-state index contributed by atoms with van der Waals surface area (Å²) in [6.07, 6.45) is 6.66. The Labute approximate surface area is 88.5 Å². The lowest BCUT2D eigenvalue weighted by atomic mass is 10.0. The van der Waals surface area contributed by atoms with E-state index < -0.39 is 0 Å². The van der Waals surface area contributed by atoms with Gasteiger partial charge in [-0.3, -0.25) is 4.79 Å². The smallest absolute Gasteiger partial charge is 0.149 e. The molecule has 14 heavy (non-hydrogen) atoms. The second kappa shape index (κ2) is 9.20. The minimum Gasteiger partial charge on any atom is -0.308 e. The highest BCUT2D eigenvalue weighted by molar-refractivity contribution is 5.83. The van der Waals surface area contributed by atoms with Gasteiger partial charge >= 0.3 is 0 Å². The number of hydrogen-bond acceptors (Lipinski definition) is 2. The van der Waals surface area contributed by atoms with Crippen molar-refractivity contribution in [2.45, 2.75) is 65.3 Å². The first-order chi connectivity index (χ1) is 6.76. The van der Waals surface area contributed by atoms with Crippen LogP contribution in [-0.4, -0.2) is 18.4 Å². The summed E-state index contributed by atoms with van der Waals surface area (Å²) in [6, 6.07) is 0.113. The van der Waals surface area contributed by atoms with E-state index in [-0.39, 0.29) is 6.04 Å². The molecule has 0 aromatic heterocycles. The fourth-order valence-corrected chi connectivity index (χ4v) is 1.64. The summed E-state index contributed by atoms with van der Waals surface area (Å²) in [4.78, 5) is 11.5. The lowest BCUT2D eigenvalue weighted by Gasteiger charge is -2.15. The Hall–Kier alpha value is -0.370. The fourth-order valence-electron chi connectivity index (χ4n) is 1.64. The molecule has 0 radical (unpaired) electrons. The molecular weight excluding hydrogens is 174 g/mol. The van der Waals surface area contributed by atoms with Gasteiger partial charge < -0.3 is 5.32 Å². The van der Waals surface area contributed by atoms with Crippen LogP contribution in [0.15, 0.2) is 0 Å². The van der Waals surface area contributed by atoms with Gasteiger partial charge in [0.15, 0.2) is 0 Å². The van der Waals surface area contributed by atoms with E-state index in [1.165, 1.54) is 25.7 Å². The maximum absolute atomic E-state index is 11.5. The van der Waals surface area contributed by atoms with Crippen molar-refractivity contribution in [1.29, 1.82) is 0 Å². The summed E-state index contributed by atoms with van der Waals surface area (Å²) in [5.41, 5.74) is 0. The highest BCUT2D eigenvalue weighted by atomic mass is 16.1. The molecule has 0 aromatic rings. The third kappa shape index (κ3) is 6.14. The summed E-state index contributed by atoms with van der Waals surface area (Å²) in [5.74, 6) is 0.364. The first kappa shape index (κ1) is 13.6. The molecule has 0 spiro atoms. The van der Waals surface area contributed by atoms with Gasteiger partial charge in [-0.2, -0.15) is 0 Å². The van der Waals surface area contributed by atoms with E-state index in [1.807, 2.05) is 6.92 Å². The molecule has 2 heteroatoms. The zero-order valence-corrected chi connectivity index (χ0v) is 9.94. The quantitative estimate of drug-likeness (QED) is 0.578. The molecule has 1 unspecified atom stereocenters. The van der Waals surface area contributed by atoms with Crippen molar-refractivity contribution in [1.82, 2.24) is 5.32 Å². The van der Waals surface area contributed by atoms with Crippen LogP contribution in [0.5, 0.6) is 0 Å². The van der Waals surface area contributed by atoms with Gasteiger partial charge in [0.25, 0.3) is 0 Å². The Morgan fingerprint density at radius 2 is 1.86 bits per heavy atom. The molecule has 0 bridgehead atoms. The molecule has 0 aliphatic heterocycles. The van der Waals surface area contributed by atoms with Crippen molar-refractivity contribution < 1.29 is 4.79 Å². The van der Waals surface area contributed by atoms with Crippen molar-refractivity contribution in [3.05, 3.63) is 0 Å². The van der Waals surface area contributed by atoms with Crippen molar-refractivity contribution in [3.8, 4) is 0 Å². The van der Waals surface area contributed by atoms with Crippen LogP contribution in [0.3, 0.4) is 0 Å². The minimum atomic E-state index is 0.113. The van der Waals surface area contributed by atoms with Crippen LogP contribution in [-0.2, 0) is 4.79 Å². The van der Waals surface area contributed by atoms with E-state index >= 15 is 0 Å². The van der Waals surface area contributed by atoms with Gasteiger partial charge in [0, 0.05) is 6.42 Å². The van der Waals surface area contributed by atoms with E-state index in [4.69, 9.17) is 0 Å². The number of nitrogens with one attached hydrogen (secondary N) is 1. The highest BCUT2D eigenvalue weighted by Gasteiger charge is 2.13. The number of carbonyl (C=O) groups is 1. The van der Waals surface area contributed by atoms with Crippen LogP contribution >= 0.6 is 0 Å². The van der Waals surface area contributed by atoms with Crippen molar-refractivity contribution in [2.75, 3.05) is 6.54 Å². The van der Waals surface area contributed by atoms with Crippen molar-refractivity contribution in [2.24, 2.45) is 0 Å². The molecule has 0 rings (SSSR count). The Morgan fingerprint density at radius 1 is 1.14 bits per heavy atom. The highest BCUT2D eigenvalue weighted by Crippen LogP contribution is 2.07. The van der Waals surface area contributed by atoms with E-state index in [2.05, 4.69) is 19.2 Å². The number of likely N-dealkylation sites (N-methyl/N-ethyl adjacent to an activating group) is 1. The van der Waals surface area contributed by atoms with Gasteiger partial charge in [0.05, 0.1) is 6.04 Å². The van der Waals surface area contributed by atoms with Gasteiger partial charge in [-0.25, -0.2) is 0 Å². The second-order valence-corrected chi connectivity index (χ2v) is 3.78. The monoisotopic (exact) mass is 199 g/mol. The van der Waals surface area contributed by atoms with Gasteiger partial charge in [-0.05, 0) is 13.0 Å². The number of hydrogen-bond donors (Lipinski definition) is 1. The van der Waals surface area contributed by atoms with Crippen LogP contribution in [0, 0.1) is 0 Å². The largest absolute Gasteiger partial charge is 0.308 e. The molecule has 1 N–H and O–H groups in total. The average molecular weight is 199 g/mol. The normalized spacial score (nSPS) is 12.8. The van der Waals surface area contributed by atoms with Gasteiger partial charge in [-0.1, -0.05) is 46.5 Å². The molecule has 0 heterocycles. The maximum atomic E-state index is 11.5. The van der Waals surface area contributed by atoms with Crippen LogP contribution in [0.25, 0.3) is 0 Å². The van der Waals surface area contributed by atoms with Crippen molar-refractivity contribution in [3.63, 3.8) is 0 Å². The van der Waals surface area contributed by atoms with Crippen LogP contribution in [0.4, 0.5) is 0 Å². The van der Waals surface area contributed by atoms with Crippen LogP contribution in [0.1, 0.15) is 59.3 Å². The third-order valence-corrected chi connectivity index (χ3v) is 2.53. The zero-order chi connectivity index (χ0) is 10.8. The van der Waals surface area contributed by atoms with Crippen LogP contribution < -0.4 is 5.32 Å². The number of rotatable bonds is 9. The Bertz CT molecular complexity index is 145. The molecule has 0 aliphatic carbocycles. The SMILES string of the molecule is CCCCCCC(NCC)C(=O)CC. The molecule has 0 aromatic carbocycles. The lowest BCUT2D eigenvalue weighted by molar-refractivity contribution is -0.120. The summed E-state index contributed by atoms with van der Waals surface area (Å²) < 4.78 is 0.